The van der Waals surface area contributed by atoms with E-state index in [1.807, 2.05) is 91.7 Å². The number of nitro groups is 2. The minimum atomic E-state index is -0.833. The number of nitrogens with one attached hydrogen (secondary N) is 2. The quantitative estimate of drug-likeness (QED) is 0.0229. The van der Waals surface area contributed by atoms with E-state index in [1.54, 1.807) is 30.3 Å². The summed E-state index contributed by atoms with van der Waals surface area (Å²) in [6.45, 7) is 5.92. The Labute approximate surface area is 493 Å². The molecule has 0 atom stereocenters. The predicted molar refractivity (Wildman–Crippen MR) is 313 cm³/mol. The van der Waals surface area contributed by atoms with Gasteiger partial charge in [-0.15, -0.1) is 0 Å². The van der Waals surface area contributed by atoms with Gasteiger partial charge < -0.3 is 53.6 Å². The summed E-state index contributed by atoms with van der Waals surface area (Å²) in [5.41, 5.74) is 20.4. The van der Waals surface area contributed by atoms with Gasteiger partial charge >= 0.3 is 41.5 Å². The average Bonchev–Trinajstić information content (AvgIpc) is 4.06. The fourth-order valence-electron chi connectivity index (χ4n) is 7.19. The van der Waals surface area contributed by atoms with Gasteiger partial charge in [0.1, 0.15) is 11.4 Å². The molecule has 24 heteroatoms. The van der Waals surface area contributed by atoms with Crippen LogP contribution in [0.1, 0.15) is 58.0 Å². The van der Waals surface area contributed by atoms with E-state index in [9.17, 15) is 39.4 Å². The van der Waals surface area contributed by atoms with E-state index in [-0.39, 0.29) is 60.4 Å². The molecule has 6 aromatic carbocycles. The van der Waals surface area contributed by atoms with Gasteiger partial charge in [-0.2, -0.15) is 0 Å². The number of benzene rings is 6. The molecular weight excluding hydrogens is 1050 g/mol. The summed E-state index contributed by atoms with van der Waals surface area (Å²) in [4.78, 5) is 76.7. The number of carboxylic acid groups (broad SMARTS) is 1. The van der Waals surface area contributed by atoms with Gasteiger partial charge in [-0.1, -0.05) is 98.4 Å². The normalized spacial score (nSPS) is 9.48. The summed E-state index contributed by atoms with van der Waals surface area (Å²) >= 11 is 0. The maximum atomic E-state index is 11.0. The van der Waals surface area contributed by atoms with E-state index in [4.69, 9.17) is 21.4 Å². The Morgan fingerprint density at radius 3 is 1.28 bits per heavy atom. The first kappa shape index (κ1) is 69.6. The Kier molecular flexibility index (Phi) is 30.8. The molecule has 3 aromatic heterocycles. The monoisotopic (exact) mass is 1120 g/mol. The molecular formula is C57H66BN9NaO13. The summed E-state index contributed by atoms with van der Waals surface area (Å²) in [5.74, 6) is -2.58. The molecule has 0 spiro atoms. The number of aliphatic carboxylic acids is 1. The molecule has 3 heterocycles. The van der Waals surface area contributed by atoms with Crippen LogP contribution in [0.3, 0.4) is 0 Å². The van der Waals surface area contributed by atoms with Crippen LogP contribution < -0.4 is 51.7 Å². The number of aldehydes is 1. The average molecular weight is 1120 g/mol. The molecule has 421 valence electrons. The van der Waals surface area contributed by atoms with Crippen LogP contribution in [-0.2, 0) is 67.8 Å². The zero-order chi connectivity index (χ0) is 58.6. The molecule has 7 N–H and O–H groups in total. The van der Waals surface area contributed by atoms with Gasteiger partial charge in [0.15, 0.2) is 6.29 Å². The number of hydrogen-bond acceptors (Lipinski definition) is 16. The molecule has 9 rings (SSSR count). The van der Waals surface area contributed by atoms with E-state index in [2.05, 4.69) is 91.9 Å². The Hall–Kier alpha value is -9.45. The number of nitro benzene ring substituents is 2. The Balaban J connectivity index is 0.000000988. The van der Waals surface area contributed by atoms with Crippen LogP contribution in [0.4, 0.5) is 34.1 Å². The third-order valence-electron chi connectivity index (χ3n) is 10.6. The maximum absolute atomic E-state index is 11.0. The number of rotatable bonds is 9. The summed E-state index contributed by atoms with van der Waals surface area (Å²) in [6.07, 6.45) is 6.95. The Morgan fingerprint density at radius 1 is 0.568 bits per heavy atom. The maximum Gasteiger partial charge on any atom is 1.00 e. The number of aryl methyl sites for hydroxylation is 3. The number of nitrogen functional groups attached to an aromatic ring is 2. The Bertz CT molecular complexity index is 3500. The van der Waals surface area contributed by atoms with Gasteiger partial charge in [-0.25, -0.2) is 19.4 Å². The third-order valence-corrected chi connectivity index (χ3v) is 10.6. The minimum absolute atomic E-state index is 0. The van der Waals surface area contributed by atoms with Crippen molar-refractivity contribution >= 4 is 105 Å². The molecule has 0 amide bonds. The van der Waals surface area contributed by atoms with Crippen LogP contribution in [0.2, 0.25) is 0 Å². The first-order chi connectivity index (χ1) is 37.6. The number of nitrogens with two attached hydrogens (primary N) is 2. The van der Waals surface area contributed by atoms with Crippen LogP contribution in [0.25, 0.3) is 32.7 Å². The molecule has 0 saturated heterocycles. The van der Waals surface area contributed by atoms with Gasteiger partial charge in [0.2, 0.25) is 5.97 Å². The van der Waals surface area contributed by atoms with Crippen LogP contribution in [0.15, 0.2) is 164 Å². The Morgan fingerprint density at radius 2 is 0.901 bits per heavy atom. The number of fused-ring (bicyclic) bond motifs is 3. The van der Waals surface area contributed by atoms with Crippen LogP contribution >= 0.6 is 0 Å². The van der Waals surface area contributed by atoms with E-state index < -0.39 is 28.8 Å². The first-order valence-electron chi connectivity index (χ1n) is 23.6. The zero-order valence-corrected chi connectivity index (χ0v) is 47.4. The van der Waals surface area contributed by atoms with Gasteiger partial charge in [0.25, 0.3) is 17.3 Å². The van der Waals surface area contributed by atoms with Gasteiger partial charge in [-0.05, 0) is 53.6 Å². The van der Waals surface area contributed by atoms with E-state index >= 15 is 0 Å². The second kappa shape index (κ2) is 35.9. The summed E-state index contributed by atoms with van der Waals surface area (Å²) in [7, 11) is 10.3. The van der Waals surface area contributed by atoms with Crippen molar-refractivity contribution in [3.63, 3.8) is 0 Å². The second-order valence-electron chi connectivity index (χ2n) is 16.6. The number of carboxylic acids is 1. The molecule has 0 aliphatic carbocycles. The van der Waals surface area contributed by atoms with Gasteiger partial charge in [-0.3, -0.25) is 34.6 Å². The SMILES string of the molecule is C.CC(=O)O.CC(=O)OOC(C)=O.Cn1cc(C=O)c2ccccc21.Cn1cc(CNc2ccccc2N)c2ccccc21.Cn1cc(CNc2ccccc2[N+](=O)[O-])c2ccccc21.Nc1ccccc1[N+](=O)[O-].[B-]OC(C)=O.[HH].[Na+]. The van der Waals surface area contributed by atoms with Crippen LogP contribution in [-0.4, -0.2) is 66.9 Å². The van der Waals surface area contributed by atoms with Crippen molar-refractivity contribution in [1.29, 1.82) is 0 Å². The van der Waals surface area contributed by atoms with E-state index in [0.717, 1.165) is 77.9 Å². The van der Waals surface area contributed by atoms with E-state index in [1.165, 1.54) is 41.6 Å². The molecule has 81 heavy (non-hydrogen) atoms. The van der Waals surface area contributed by atoms with Crippen molar-refractivity contribution < 1.29 is 84.3 Å². The molecule has 22 nitrogen and oxygen atoms in total. The van der Waals surface area contributed by atoms with Gasteiger partial charge in [0.05, 0.1) is 21.2 Å². The van der Waals surface area contributed by atoms with Crippen molar-refractivity contribution in [2.45, 2.75) is 48.2 Å². The van der Waals surface area contributed by atoms with Crippen LogP contribution in [0, 0.1) is 20.2 Å². The molecule has 0 unspecified atom stereocenters. The van der Waals surface area contributed by atoms with Crippen molar-refractivity contribution in [3.8, 4) is 0 Å². The molecule has 0 aliphatic heterocycles. The summed E-state index contributed by atoms with van der Waals surface area (Å²) in [6, 6.07) is 45.0. The molecule has 0 bridgehead atoms. The first-order valence-corrected chi connectivity index (χ1v) is 23.6. The molecule has 0 fully saturated rings. The van der Waals surface area contributed by atoms with E-state index in [0.29, 0.717) is 12.2 Å². The number of nitrogens with zero attached hydrogens (tertiary/aromatic N) is 5. The topological polar surface area (TPSA) is 310 Å². The number of carbonyl (C=O) groups is 5. The number of aromatic nitrogens is 3. The fraction of sp³-hybridized carbons (Fsp3) is 0.175. The molecule has 3 radical (unpaired) electrons. The fourth-order valence-corrected chi connectivity index (χ4v) is 7.19. The standard InChI is InChI=1S/C16H15N3O2.C16H17N3.C10H9NO.C6H6N2O2.C4H6O4.C2H3BO2.C2H4O2.CH4.Na.H2/c1-18-11-12(13-6-2-4-8-15(13)18)10-17-14-7-3-5-9-16(14)19(20)21;1-19-11-12(13-6-2-5-9-16(13)19)10-18-15-8-4-3-7-14(15)17;1-11-6-8(7-12)9-4-2-3-5-10(9)11;7-5-3-1-2-4-6(5)8(9)10;1-3(5)7-8-4(2)6;1-2(4)5-3;1-2(3)4;;;/h2-9,11,17H,10H2,1H3;2-9,11,18H,10,17H2,1H3;2-7H,1H3;1-4H,7H2;1-2H3;1H3;1H3,(H,3,4);1H4;;1H/q;;;;;-1;;;+1;. The van der Waals surface area contributed by atoms with Gasteiger partial charge in [0, 0.05) is 132 Å². The summed E-state index contributed by atoms with van der Waals surface area (Å²) in [5, 5.41) is 38.6. The molecule has 0 aliphatic rings. The minimum Gasteiger partial charge on any atom is -0.793 e. The van der Waals surface area contributed by atoms with Crippen molar-refractivity contribution in [2.75, 3.05) is 22.1 Å². The second-order valence-corrected chi connectivity index (χ2v) is 16.6. The number of hydrogen-bond donors (Lipinski definition) is 5. The zero-order valence-electron chi connectivity index (χ0n) is 45.4. The van der Waals surface area contributed by atoms with Crippen molar-refractivity contribution in [1.82, 2.24) is 13.7 Å². The number of carbonyl (C=O) groups excluding carboxylic acids is 4. The summed E-state index contributed by atoms with van der Waals surface area (Å²) < 4.78 is 9.78. The molecule has 0 saturated carbocycles. The van der Waals surface area contributed by atoms with Crippen molar-refractivity contribution in [3.05, 3.63) is 201 Å². The predicted octanol–water partition coefficient (Wildman–Crippen LogP) is 7.88. The molecule has 9 aromatic rings. The smallest absolute Gasteiger partial charge is 0.793 e. The largest absolute Gasteiger partial charge is 1.00 e. The van der Waals surface area contributed by atoms with Crippen LogP contribution in [0.5, 0.6) is 0 Å². The van der Waals surface area contributed by atoms with Crippen molar-refractivity contribution in [2.24, 2.45) is 21.1 Å². The number of anilines is 4. The number of para-hydroxylation sites is 9. The third kappa shape index (κ3) is 23.2.